The summed E-state index contributed by atoms with van der Waals surface area (Å²) in [5.41, 5.74) is 4.59. The van der Waals surface area contributed by atoms with Gasteiger partial charge in [0.05, 0.1) is 24.2 Å². The maximum atomic E-state index is 13.1. The Labute approximate surface area is 194 Å². The van der Waals surface area contributed by atoms with Crippen LogP contribution in [0.3, 0.4) is 0 Å². The second-order valence-corrected chi connectivity index (χ2v) is 9.32. The van der Waals surface area contributed by atoms with Gasteiger partial charge in [0, 0.05) is 6.07 Å². The van der Waals surface area contributed by atoms with Crippen LogP contribution in [0.4, 0.5) is 30.5 Å². The van der Waals surface area contributed by atoms with Gasteiger partial charge in [-0.3, -0.25) is 14.5 Å². The topological polar surface area (TPSA) is 170 Å². The van der Waals surface area contributed by atoms with Gasteiger partial charge in [0.2, 0.25) is 15.8 Å². The zero-order valence-electron chi connectivity index (χ0n) is 17.4. The number of nitrogens with two attached hydrogens (primary N) is 1. The number of nitrogen functional groups attached to an aromatic ring is 1. The predicted molar refractivity (Wildman–Crippen MR) is 112 cm³/mol. The van der Waals surface area contributed by atoms with Crippen LogP contribution in [0.25, 0.3) is 11.0 Å². The van der Waals surface area contributed by atoms with Gasteiger partial charge >= 0.3 is 6.18 Å². The van der Waals surface area contributed by atoms with Crippen LogP contribution in [-0.2, 0) is 30.5 Å². The van der Waals surface area contributed by atoms with Gasteiger partial charge in [0.1, 0.15) is 16.4 Å². The van der Waals surface area contributed by atoms with Crippen molar-refractivity contribution >= 4 is 50.0 Å². The number of alkyl halides is 3. The highest BCUT2D eigenvalue weighted by molar-refractivity contribution is 7.89. The van der Waals surface area contributed by atoms with E-state index in [1.54, 1.807) is 0 Å². The lowest BCUT2D eigenvalue weighted by Gasteiger charge is -2.34. The number of Topliss-reactive ketones (excluding diaryl/α,β-unsaturated/α-hetero) is 1. The standard InChI is InChI=1S/C19H15F3N6O6S/c20-19(21,22)12-2-1-3-13(25-12)28-4-5-33-15(18(28)30)14(29)17-24-9-7-10-8(16(23)26-34-10)6-11(9)35(31,32)27-17/h1-3,6-7,15,17,24,27H,4-5H2,(H2,23,26). The number of fused-ring (bicyclic) bond motifs is 2. The highest BCUT2D eigenvalue weighted by atomic mass is 32.2. The molecule has 0 bridgehead atoms. The fourth-order valence-electron chi connectivity index (χ4n) is 3.75. The Bertz CT molecular complexity index is 1470. The van der Waals surface area contributed by atoms with Gasteiger partial charge in [-0.05, 0) is 18.2 Å². The number of nitrogens with one attached hydrogen (secondary N) is 2. The number of morpholine rings is 1. The third kappa shape index (κ3) is 3.94. The lowest BCUT2D eigenvalue weighted by Crippen LogP contribution is -2.59. The van der Waals surface area contributed by atoms with Crippen LogP contribution in [0.15, 0.2) is 39.8 Å². The number of carbonyl (C=O) groups excluding carboxylic acids is 2. The molecule has 1 saturated heterocycles. The van der Waals surface area contributed by atoms with Crippen LogP contribution in [0, 0.1) is 0 Å². The van der Waals surface area contributed by atoms with Crippen LogP contribution in [-0.4, -0.2) is 55.7 Å². The van der Waals surface area contributed by atoms with Gasteiger partial charge in [-0.15, -0.1) is 0 Å². The molecule has 0 radical (unpaired) electrons. The van der Waals surface area contributed by atoms with E-state index in [4.69, 9.17) is 15.0 Å². The maximum Gasteiger partial charge on any atom is 0.433 e. The van der Waals surface area contributed by atoms with Gasteiger partial charge < -0.3 is 20.3 Å². The third-order valence-corrected chi connectivity index (χ3v) is 6.86. The normalized spacial score (nSPS) is 22.0. The molecule has 2 unspecified atom stereocenters. The molecule has 0 saturated carbocycles. The van der Waals surface area contributed by atoms with E-state index >= 15 is 0 Å². The SMILES string of the molecule is Nc1noc2cc3c(cc12)S(=O)(=O)NC(C(=O)C1OCCN(c2cccc(C(F)(F)F)n2)C1=O)N3. The molecular weight excluding hydrogens is 497 g/mol. The molecule has 1 fully saturated rings. The molecule has 2 aromatic heterocycles. The number of rotatable bonds is 3. The Morgan fingerprint density at radius 2 is 2.03 bits per heavy atom. The number of aromatic nitrogens is 2. The Morgan fingerprint density at radius 1 is 1.26 bits per heavy atom. The fraction of sp³-hybridized carbons (Fsp3) is 0.263. The van der Waals surface area contributed by atoms with E-state index in [0.717, 1.165) is 17.0 Å². The molecule has 0 spiro atoms. The second kappa shape index (κ2) is 7.89. The van der Waals surface area contributed by atoms with Crippen LogP contribution in [0.1, 0.15) is 5.69 Å². The zero-order valence-corrected chi connectivity index (χ0v) is 18.2. The highest BCUT2D eigenvalue weighted by Gasteiger charge is 2.44. The molecular formula is C19H15F3N6O6S. The van der Waals surface area contributed by atoms with Crippen molar-refractivity contribution in [1.82, 2.24) is 14.9 Å². The van der Waals surface area contributed by atoms with Crippen LogP contribution >= 0.6 is 0 Å². The first-order valence-corrected chi connectivity index (χ1v) is 11.4. The first-order valence-electron chi connectivity index (χ1n) is 9.94. The van der Waals surface area contributed by atoms with Crippen molar-refractivity contribution in [2.75, 3.05) is 29.1 Å². The third-order valence-electron chi connectivity index (χ3n) is 5.40. The number of benzene rings is 1. The van der Waals surface area contributed by atoms with E-state index in [9.17, 15) is 31.2 Å². The number of pyridine rings is 1. The van der Waals surface area contributed by atoms with E-state index in [2.05, 4.69) is 20.2 Å². The van der Waals surface area contributed by atoms with Crippen LogP contribution in [0.2, 0.25) is 0 Å². The largest absolute Gasteiger partial charge is 0.433 e. The quantitative estimate of drug-likeness (QED) is 0.428. The van der Waals surface area contributed by atoms with E-state index in [1.165, 1.54) is 18.2 Å². The molecule has 1 amide bonds. The Balaban J connectivity index is 1.42. The summed E-state index contributed by atoms with van der Waals surface area (Å²) in [4.78, 5) is 30.2. The van der Waals surface area contributed by atoms with Gasteiger partial charge in [-0.1, -0.05) is 11.2 Å². The molecule has 0 aliphatic carbocycles. The smallest absolute Gasteiger partial charge is 0.380 e. The summed E-state index contributed by atoms with van der Waals surface area (Å²) in [7, 11) is -4.24. The van der Waals surface area contributed by atoms with Crippen LogP contribution < -0.4 is 20.7 Å². The molecule has 184 valence electrons. The van der Waals surface area contributed by atoms with Crippen molar-refractivity contribution < 1.29 is 40.4 Å². The van der Waals surface area contributed by atoms with E-state index in [1.807, 2.05) is 0 Å². The van der Waals surface area contributed by atoms with Crippen molar-refractivity contribution in [3.63, 3.8) is 0 Å². The molecule has 4 heterocycles. The number of amides is 1. The number of ether oxygens (including phenoxy) is 1. The minimum atomic E-state index is -4.74. The summed E-state index contributed by atoms with van der Waals surface area (Å²) in [5.74, 6) is -2.34. The number of hydrogen-bond donors (Lipinski definition) is 3. The molecule has 16 heteroatoms. The van der Waals surface area contributed by atoms with Crippen molar-refractivity contribution in [2.24, 2.45) is 0 Å². The number of carbonyl (C=O) groups is 2. The lowest BCUT2D eigenvalue weighted by atomic mass is 10.1. The number of anilines is 3. The van der Waals surface area contributed by atoms with E-state index < -0.39 is 45.9 Å². The molecule has 1 aromatic carbocycles. The van der Waals surface area contributed by atoms with Gasteiger partial charge in [-0.25, -0.2) is 13.4 Å². The van der Waals surface area contributed by atoms with Crippen molar-refractivity contribution in [1.29, 1.82) is 0 Å². The Kier molecular flexibility index (Phi) is 5.19. The summed E-state index contributed by atoms with van der Waals surface area (Å²) >= 11 is 0. The molecule has 3 aromatic rings. The molecule has 12 nitrogen and oxygen atoms in total. The minimum Gasteiger partial charge on any atom is -0.380 e. The number of sulfonamides is 1. The number of ketones is 1. The van der Waals surface area contributed by atoms with Crippen molar-refractivity contribution in [3.8, 4) is 0 Å². The molecule has 2 aliphatic heterocycles. The van der Waals surface area contributed by atoms with E-state index in [-0.39, 0.29) is 46.3 Å². The van der Waals surface area contributed by atoms with Crippen molar-refractivity contribution in [2.45, 2.75) is 23.3 Å². The maximum absolute atomic E-state index is 13.1. The molecule has 5 rings (SSSR count). The molecule has 2 aliphatic rings. The summed E-state index contributed by atoms with van der Waals surface area (Å²) in [6.07, 6.45) is -8.15. The van der Waals surface area contributed by atoms with E-state index in [0.29, 0.717) is 0 Å². The summed E-state index contributed by atoms with van der Waals surface area (Å²) in [6.45, 7) is -0.359. The zero-order chi connectivity index (χ0) is 25.1. The minimum absolute atomic E-state index is 0.00888. The molecule has 4 N–H and O–H groups in total. The monoisotopic (exact) mass is 512 g/mol. The van der Waals surface area contributed by atoms with Crippen LogP contribution in [0.5, 0.6) is 0 Å². The highest BCUT2D eigenvalue weighted by Crippen LogP contribution is 2.34. The second-order valence-electron chi connectivity index (χ2n) is 7.63. The van der Waals surface area contributed by atoms with Gasteiger partial charge in [-0.2, -0.15) is 17.9 Å². The first-order chi connectivity index (χ1) is 16.5. The predicted octanol–water partition coefficient (Wildman–Crippen LogP) is 0.855. The number of halogens is 3. The average Bonchev–Trinajstić information content (AvgIpc) is 3.16. The summed E-state index contributed by atoms with van der Waals surface area (Å²) in [5, 5.41) is 6.47. The van der Waals surface area contributed by atoms with Gasteiger partial charge in [0.15, 0.2) is 23.7 Å². The number of nitrogens with zero attached hydrogens (tertiary/aromatic N) is 3. The van der Waals surface area contributed by atoms with Crippen molar-refractivity contribution in [3.05, 3.63) is 36.0 Å². The Morgan fingerprint density at radius 3 is 2.77 bits per heavy atom. The summed E-state index contributed by atoms with van der Waals surface area (Å²) < 4.78 is 77.1. The Hall–Kier alpha value is -3.76. The molecule has 35 heavy (non-hydrogen) atoms. The molecule has 2 atom stereocenters. The number of hydrogen-bond acceptors (Lipinski definition) is 10. The first kappa shape index (κ1) is 23.0. The lowest BCUT2D eigenvalue weighted by molar-refractivity contribution is -0.146. The average molecular weight is 512 g/mol. The fourth-order valence-corrected chi connectivity index (χ4v) is 5.04. The van der Waals surface area contributed by atoms with Gasteiger partial charge in [0.25, 0.3) is 5.91 Å². The summed E-state index contributed by atoms with van der Waals surface area (Å²) in [6, 6.07) is 5.51.